The maximum Gasteiger partial charge on any atom is 0.434 e. The molecule has 2 heterocycles. The van der Waals surface area contributed by atoms with Crippen molar-refractivity contribution in [3.63, 3.8) is 0 Å². The Morgan fingerprint density at radius 3 is 1.76 bits per heavy atom. The van der Waals surface area contributed by atoms with E-state index in [1.165, 1.54) is 4.90 Å². The van der Waals surface area contributed by atoms with Gasteiger partial charge in [-0.05, 0) is 38.5 Å². The van der Waals surface area contributed by atoms with E-state index in [4.69, 9.17) is 4.74 Å². The van der Waals surface area contributed by atoms with Crippen LogP contribution in [0.3, 0.4) is 0 Å². The second-order valence-corrected chi connectivity index (χ2v) is 11.6. The normalized spacial score (nSPS) is 17.9. The van der Waals surface area contributed by atoms with E-state index >= 15 is 0 Å². The number of hydrogen-bond donors (Lipinski definition) is 0. The summed E-state index contributed by atoms with van der Waals surface area (Å²) in [4.78, 5) is 43.0. The summed E-state index contributed by atoms with van der Waals surface area (Å²) >= 11 is 0. The van der Waals surface area contributed by atoms with E-state index in [0.717, 1.165) is 18.2 Å². The van der Waals surface area contributed by atoms with Crippen LogP contribution in [0.1, 0.15) is 42.3 Å². The number of benzene rings is 1. The minimum atomic E-state index is -5.87. The molecule has 2 fully saturated rings. The Balaban J connectivity index is 1.66. The van der Waals surface area contributed by atoms with Crippen LogP contribution in [0.4, 0.5) is 44.3 Å². The summed E-state index contributed by atoms with van der Waals surface area (Å²) in [5, 5.41) is 0. The molecule has 0 aromatic heterocycles. The summed E-state index contributed by atoms with van der Waals surface area (Å²) in [5.41, 5.74) is -1.77. The minimum absolute atomic E-state index is 0.0271. The molecule has 0 radical (unpaired) electrons. The maximum absolute atomic E-state index is 13.5. The lowest BCUT2D eigenvalue weighted by Gasteiger charge is -2.36. The predicted molar refractivity (Wildman–Crippen MR) is 139 cm³/mol. The van der Waals surface area contributed by atoms with E-state index in [1.54, 1.807) is 30.6 Å². The Hall–Kier alpha value is -3.28. The van der Waals surface area contributed by atoms with E-state index in [0.29, 0.717) is 4.90 Å². The van der Waals surface area contributed by atoms with Gasteiger partial charge in [0.1, 0.15) is 5.60 Å². The molecular weight excluding hydrogens is 631 g/mol. The van der Waals surface area contributed by atoms with Gasteiger partial charge in [0.15, 0.2) is 0 Å². The smallest absolute Gasteiger partial charge is 0.434 e. The summed E-state index contributed by atoms with van der Waals surface area (Å²) in [7, 11) is 0. The molecule has 0 bridgehead atoms. The highest BCUT2D eigenvalue weighted by molar-refractivity contribution is 5.96. The van der Waals surface area contributed by atoms with Gasteiger partial charge in [-0.2, -0.15) is 39.5 Å². The molecule has 2 amide bonds. The molecule has 254 valence electrons. The lowest BCUT2D eigenvalue weighted by molar-refractivity contribution is -0.308. The molecule has 0 saturated carbocycles. The van der Waals surface area contributed by atoms with Crippen molar-refractivity contribution >= 4 is 18.0 Å². The van der Waals surface area contributed by atoms with Gasteiger partial charge in [0, 0.05) is 64.5 Å². The molecule has 0 spiro atoms. The van der Waals surface area contributed by atoms with E-state index in [1.807, 2.05) is 0 Å². The lowest BCUT2D eigenvalue weighted by Crippen LogP contribution is -2.52. The van der Waals surface area contributed by atoms with Gasteiger partial charge in [0.05, 0.1) is 12.1 Å². The summed E-state index contributed by atoms with van der Waals surface area (Å²) in [6.45, 7) is 5.00. The van der Waals surface area contributed by atoms with Crippen LogP contribution in [0.15, 0.2) is 18.2 Å². The van der Waals surface area contributed by atoms with Gasteiger partial charge in [0.25, 0.3) is 12.0 Å². The van der Waals surface area contributed by atoms with Crippen LogP contribution in [-0.4, -0.2) is 121 Å². The lowest BCUT2D eigenvalue weighted by atomic mass is 10.0. The molecule has 0 aliphatic carbocycles. The van der Waals surface area contributed by atoms with Crippen LogP contribution < -0.4 is 0 Å². The van der Waals surface area contributed by atoms with Crippen LogP contribution in [0, 0.1) is 0 Å². The first kappa shape index (κ1) is 36.2. The van der Waals surface area contributed by atoms with Gasteiger partial charge < -0.3 is 19.3 Å². The Kier molecular flexibility index (Phi) is 10.9. The molecule has 0 unspecified atom stereocenters. The first-order valence-corrected chi connectivity index (χ1v) is 13.8. The van der Waals surface area contributed by atoms with Crippen molar-refractivity contribution in [1.29, 1.82) is 0 Å². The number of halogens is 9. The SMILES string of the molecule is CC(C)(C)OC(=O)CN1CCN(C(=O)c2cc(C(F)(F)F)ccc2CN2CCN(C(=O)OC(C(F)(F)F)C(F)(F)F)CC2)CC1. The third-order valence-electron chi connectivity index (χ3n) is 6.94. The number of rotatable bonds is 6. The van der Waals surface area contributed by atoms with Gasteiger partial charge in [0.2, 0.25) is 0 Å². The Morgan fingerprint density at radius 1 is 0.756 bits per heavy atom. The van der Waals surface area contributed by atoms with Crippen LogP contribution in [-0.2, 0) is 27.0 Å². The molecule has 1 aromatic carbocycles. The van der Waals surface area contributed by atoms with Gasteiger partial charge in [-0.15, -0.1) is 0 Å². The van der Waals surface area contributed by atoms with Crippen LogP contribution in [0.2, 0.25) is 0 Å². The fourth-order valence-corrected chi connectivity index (χ4v) is 4.75. The van der Waals surface area contributed by atoms with Crippen molar-refractivity contribution in [1.82, 2.24) is 19.6 Å². The third kappa shape index (κ3) is 10.4. The number of carbonyl (C=O) groups is 3. The van der Waals surface area contributed by atoms with Crippen LogP contribution >= 0.6 is 0 Å². The summed E-state index contributed by atoms with van der Waals surface area (Å²) < 4.78 is 126. The van der Waals surface area contributed by atoms with Gasteiger partial charge in [-0.1, -0.05) is 6.07 Å². The number of ether oxygens (including phenoxy) is 2. The van der Waals surface area contributed by atoms with Crippen LogP contribution in [0.25, 0.3) is 0 Å². The number of nitrogens with zero attached hydrogens (tertiary/aromatic N) is 4. The van der Waals surface area contributed by atoms with Gasteiger partial charge in [-0.25, -0.2) is 4.79 Å². The predicted octanol–water partition coefficient (Wildman–Crippen LogP) is 4.55. The van der Waals surface area contributed by atoms with Gasteiger partial charge >= 0.3 is 30.6 Å². The fourth-order valence-electron chi connectivity index (χ4n) is 4.75. The quantitative estimate of drug-likeness (QED) is 0.326. The first-order valence-electron chi connectivity index (χ1n) is 13.8. The Labute approximate surface area is 252 Å². The first-order chi connectivity index (χ1) is 20.5. The zero-order chi connectivity index (χ0) is 34.0. The van der Waals surface area contributed by atoms with E-state index in [-0.39, 0.29) is 76.6 Å². The monoisotopic (exact) mass is 664 g/mol. The summed E-state index contributed by atoms with van der Waals surface area (Å²) in [5.74, 6) is -1.14. The van der Waals surface area contributed by atoms with Crippen molar-refractivity contribution in [2.45, 2.75) is 57.5 Å². The topological polar surface area (TPSA) is 82.6 Å². The maximum atomic E-state index is 13.5. The molecule has 2 saturated heterocycles. The number of carbonyl (C=O) groups excluding carboxylic acids is 3. The van der Waals surface area contributed by atoms with E-state index < -0.39 is 53.8 Å². The van der Waals surface area contributed by atoms with E-state index in [9.17, 15) is 53.9 Å². The molecule has 2 aliphatic rings. The number of amides is 2. The van der Waals surface area contributed by atoms with Gasteiger partial charge in [-0.3, -0.25) is 19.4 Å². The van der Waals surface area contributed by atoms with Crippen LogP contribution in [0.5, 0.6) is 0 Å². The number of alkyl halides is 9. The second-order valence-electron chi connectivity index (χ2n) is 11.6. The van der Waals surface area contributed by atoms with E-state index in [2.05, 4.69) is 4.74 Å². The summed E-state index contributed by atoms with van der Waals surface area (Å²) in [6.07, 6.45) is -22.6. The van der Waals surface area contributed by atoms with Crippen molar-refractivity contribution in [3.05, 3.63) is 34.9 Å². The number of hydrogen-bond acceptors (Lipinski definition) is 7. The van der Waals surface area contributed by atoms with Crippen molar-refractivity contribution < 1.29 is 63.4 Å². The molecule has 45 heavy (non-hydrogen) atoms. The zero-order valence-electron chi connectivity index (χ0n) is 24.6. The summed E-state index contributed by atoms with van der Waals surface area (Å²) in [6, 6.07) is 2.66. The second kappa shape index (κ2) is 13.6. The largest absolute Gasteiger partial charge is 0.459 e. The Bertz CT molecular complexity index is 1200. The molecule has 9 nitrogen and oxygen atoms in total. The highest BCUT2D eigenvalue weighted by atomic mass is 19.4. The highest BCUT2D eigenvalue weighted by Crippen LogP contribution is 2.36. The molecule has 0 N–H and O–H groups in total. The fraction of sp³-hybridized carbons (Fsp3) is 0.667. The van der Waals surface area contributed by atoms with Crippen molar-refractivity contribution in [3.8, 4) is 0 Å². The van der Waals surface area contributed by atoms with Crippen molar-refractivity contribution in [2.75, 3.05) is 58.9 Å². The van der Waals surface area contributed by atoms with Crippen molar-refractivity contribution in [2.24, 2.45) is 0 Å². The minimum Gasteiger partial charge on any atom is -0.459 e. The average Bonchev–Trinajstić information content (AvgIpc) is 2.89. The Morgan fingerprint density at radius 2 is 1.27 bits per heavy atom. The highest BCUT2D eigenvalue weighted by Gasteiger charge is 2.60. The molecule has 2 aliphatic heterocycles. The molecular formula is C27H33F9N4O5. The molecule has 1 aromatic rings. The number of esters is 1. The molecule has 3 rings (SSSR count). The zero-order valence-corrected chi connectivity index (χ0v) is 24.6. The number of piperazine rings is 2. The standard InChI is InChI=1S/C27H33F9N4O5/c1-24(2,3)45-20(41)16-38-6-10-39(11-7-38)21(42)19-14-18(25(28,29)30)5-4-17(19)15-37-8-12-40(13-9-37)23(43)44-22(26(31,32)33)27(34,35)36/h4-5,14,22H,6-13,15-16H2,1-3H3. The molecule has 18 heteroatoms. The molecule has 0 atom stereocenters. The average molecular weight is 665 g/mol. The third-order valence-corrected chi connectivity index (χ3v) is 6.94.